The summed E-state index contributed by atoms with van der Waals surface area (Å²) in [6, 6.07) is 1.26. The quantitative estimate of drug-likeness (QED) is 0.645. The lowest BCUT2D eigenvalue weighted by atomic mass is 10.0. The lowest BCUT2D eigenvalue weighted by molar-refractivity contribution is -0.137. The third kappa shape index (κ3) is 3.09. The monoisotopic (exact) mass is 416 g/mol. The molecule has 1 aliphatic heterocycles. The van der Waals surface area contributed by atoms with Crippen LogP contribution in [0.2, 0.25) is 0 Å². The maximum absolute atomic E-state index is 14.6. The van der Waals surface area contributed by atoms with Gasteiger partial charge >= 0.3 is 12.2 Å². The van der Waals surface area contributed by atoms with Gasteiger partial charge in [-0.05, 0) is 18.1 Å². The van der Waals surface area contributed by atoms with E-state index in [0.717, 1.165) is 12.3 Å². The zero-order chi connectivity index (χ0) is 20.2. The van der Waals surface area contributed by atoms with E-state index in [1.807, 2.05) is 0 Å². The van der Waals surface area contributed by atoms with Crippen molar-refractivity contribution in [3.63, 3.8) is 0 Å². The molecular formula is C17H13F5N4OS. The Bertz CT molecular complexity index is 1090. The molecule has 0 unspecified atom stereocenters. The van der Waals surface area contributed by atoms with Gasteiger partial charge in [-0.3, -0.25) is 0 Å². The van der Waals surface area contributed by atoms with Crippen LogP contribution >= 0.6 is 11.3 Å². The highest BCUT2D eigenvalue weighted by atomic mass is 32.1. The van der Waals surface area contributed by atoms with Gasteiger partial charge in [0, 0.05) is 34.8 Å². The number of benzene rings is 1. The number of nitrogens with zero attached hydrogens (tertiary/aromatic N) is 3. The van der Waals surface area contributed by atoms with Gasteiger partial charge in [-0.1, -0.05) is 0 Å². The van der Waals surface area contributed by atoms with Crippen LogP contribution in [0.4, 0.5) is 26.7 Å². The van der Waals surface area contributed by atoms with E-state index in [1.165, 1.54) is 15.5 Å². The van der Waals surface area contributed by atoms with E-state index in [-0.39, 0.29) is 23.5 Å². The van der Waals surface area contributed by atoms with Crippen molar-refractivity contribution >= 4 is 28.3 Å². The molecule has 3 heterocycles. The number of fused-ring (bicyclic) bond motifs is 3. The number of carbonyl (C=O) groups is 1. The number of hydrogen-bond acceptors (Lipinski definition) is 3. The second-order valence-electron chi connectivity index (χ2n) is 6.43. The van der Waals surface area contributed by atoms with E-state index < -0.39 is 28.8 Å². The van der Waals surface area contributed by atoms with Crippen LogP contribution in [-0.4, -0.2) is 27.0 Å². The van der Waals surface area contributed by atoms with Crippen molar-refractivity contribution in [2.24, 2.45) is 5.73 Å². The van der Waals surface area contributed by atoms with E-state index in [1.54, 1.807) is 0 Å². The molecule has 2 N–H and O–H groups in total. The molecule has 3 aromatic rings. The highest BCUT2D eigenvalue weighted by molar-refractivity contribution is 7.11. The Morgan fingerprint density at radius 3 is 2.68 bits per heavy atom. The van der Waals surface area contributed by atoms with Crippen molar-refractivity contribution in [1.29, 1.82) is 0 Å². The highest BCUT2D eigenvalue weighted by Gasteiger charge is 2.35. The Hall–Kier alpha value is -2.69. The molecule has 1 aromatic carbocycles. The number of amides is 2. The molecule has 28 heavy (non-hydrogen) atoms. The molecule has 0 aliphatic carbocycles. The Morgan fingerprint density at radius 2 is 2.04 bits per heavy atom. The summed E-state index contributed by atoms with van der Waals surface area (Å²) >= 11 is 0.455. The maximum Gasteiger partial charge on any atom is 0.443 e. The molecule has 0 spiro atoms. The minimum absolute atomic E-state index is 0.0609. The SMILES string of the molecule is NC(=O)N1CCc2c(n(Cc3cnc(C(F)(F)F)s3)c3c(F)cc(F)cc23)C1. The lowest BCUT2D eigenvalue weighted by Gasteiger charge is -2.27. The van der Waals surface area contributed by atoms with Gasteiger partial charge in [-0.15, -0.1) is 11.3 Å². The van der Waals surface area contributed by atoms with Crippen molar-refractivity contribution in [1.82, 2.24) is 14.5 Å². The smallest absolute Gasteiger partial charge is 0.351 e. The fourth-order valence-electron chi connectivity index (χ4n) is 3.52. The molecule has 0 fully saturated rings. The van der Waals surface area contributed by atoms with Crippen molar-refractivity contribution in [2.45, 2.75) is 25.7 Å². The number of thiazole rings is 1. The van der Waals surface area contributed by atoms with Gasteiger partial charge in [0.05, 0.1) is 18.6 Å². The molecule has 2 amide bonds. The molecule has 0 saturated carbocycles. The van der Waals surface area contributed by atoms with E-state index in [4.69, 9.17) is 5.73 Å². The van der Waals surface area contributed by atoms with Crippen LogP contribution in [0.5, 0.6) is 0 Å². The van der Waals surface area contributed by atoms with E-state index in [0.29, 0.717) is 40.9 Å². The van der Waals surface area contributed by atoms with Gasteiger partial charge in [-0.2, -0.15) is 13.2 Å². The number of primary amides is 1. The van der Waals surface area contributed by atoms with Gasteiger partial charge in [-0.25, -0.2) is 18.6 Å². The minimum Gasteiger partial charge on any atom is -0.351 e. The summed E-state index contributed by atoms with van der Waals surface area (Å²) < 4.78 is 68.3. The van der Waals surface area contributed by atoms with Gasteiger partial charge in [0.1, 0.15) is 11.6 Å². The third-order valence-electron chi connectivity index (χ3n) is 4.69. The fraction of sp³-hybridized carbons (Fsp3) is 0.294. The van der Waals surface area contributed by atoms with Gasteiger partial charge < -0.3 is 15.2 Å². The molecule has 0 bridgehead atoms. The molecule has 0 atom stereocenters. The van der Waals surface area contributed by atoms with Crippen LogP contribution in [0.15, 0.2) is 18.3 Å². The van der Waals surface area contributed by atoms with Crippen molar-refractivity contribution in [3.05, 3.63) is 51.1 Å². The molecule has 1 aliphatic rings. The summed E-state index contributed by atoms with van der Waals surface area (Å²) in [5.74, 6) is -1.57. The first-order valence-electron chi connectivity index (χ1n) is 8.20. The van der Waals surface area contributed by atoms with Crippen molar-refractivity contribution < 1.29 is 26.7 Å². The first-order valence-corrected chi connectivity index (χ1v) is 9.02. The zero-order valence-corrected chi connectivity index (χ0v) is 15.0. The summed E-state index contributed by atoms with van der Waals surface area (Å²) in [5.41, 5.74) is 6.60. The predicted octanol–water partition coefficient (Wildman–Crippen LogP) is 3.88. The van der Waals surface area contributed by atoms with E-state index in [2.05, 4.69) is 4.98 Å². The Kier molecular flexibility index (Phi) is 4.29. The first-order chi connectivity index (χ1) is 13.1. The normalized spacial score (nSPS) is 14.5. The molecule has 4 rings (SSSR count). The summed E-state index contributed by atoms with van der Waals surface area (Å²) in [4.78, 5) is 16.5. The number of aromatic nitrogens is 2. The third-order valence-corrected chi connectivity index (χ3v) is 5.72. The average molecular weight is 416 g/mol. The average Bonchev–Trinajstić information content (AvgIpc) is 3.18. The van der Waals surface area contributed by atoms with Crippen LogP contribution in [0, 0.1) is 11.6 Å². The van der Waals surface area contributed by atoms with Crippen LogP contribution < -0.4 is 5.73 Å². The Labute approximate surface area is 159 Å². The van der Waals surface area contributed by atoms with Crippen molar-refractivity contribution in [3.8, 4) is 0 Å². The second kappa shape index (κ2) is 6.43. The molecule has 11 heteroatoms. The number of nitrogens with two attached hydrogens (primary N) is 1. The van der Waals surface area contributed by atoms with E-state index in [9.17, 15) is 26.7 Å². The fourth-order valence-corrected chi connectivity index (χ4v) is 4.29. The van der Waals surface area contributed by atoms with Crippen LogP contribution in [-0.2, 0) is 25.7 Å². The highest BCUT2D eigenvalue weighted by Crippen LogP contribution is 2.36. The maximum atomic E-state index is 14.6. The van der Waals surface area contributed by atoms with Crippen LogP contribution in [0.25, 0.3) is 10.9 Å². The van der Waals surface area contributed by atoms with Crippen LogP contribution in [0.1, 0.15) is 21.1 Å². The Morgan fingerprint density at radius 1 is 1.29 bits per heavy atom. The molecule has 148 valence electrons. The number of halogens is 5. The summed E-state index contributed by atoms with van der Waals surface area (Å²) in [6.45, 7) is 0.262. The number of rotatable bonds is 2. The summed E-state index contributed by atoms with van der Waals surface area (Å²) in [6.07, 6.45) is -3.15. The number of urea groups is 1. The van der Waals surface area contributed by atoms with Gasteiger partial charge in [0.2, 0.25) is 0 Å². The number of alkyl halides is 3. The molecule has 0 radical (unpaired) electrons. The zero-order valence-electron chi connectivity index (χ0n) is 14.2. The van der Waals surface area contributed by atoms with Gasteiger partial charge in [0.15, 0.2) is 5.01 Å². The van der Waals surface area contributed by atoms with Crippen LogP contribution in [0.3, 0.4) is 0 Å². The second-order valence-corrected chi connectivity index (χ2v) is 7.55. The predicted molar refractivity (Wildman–Crippen MR) is 91.8 cm³/mol. The summed E-state index contributed by atoms with van der Waals surface area (Å²) in [7, 11) is 0. The molecule has 2 aromatic heterocycles. The topological polar surface area (TPSA) is 64.2 Å². The first kappa shape index (κ1) is 18.7. The number of carbonyl (C=O) groups excluding carboxylic acids is 1. The minimum atomic E-state index is -4.57. The van der Waals surface area contributed by atoms with Gasteiger partial charge in [0.25, 0.3) is 0 Å². The molecule has 0 saturated heterocycles. The largest absolute Gasteiger partial charge is 0.443 e. The molecule has 5 nitrogen and oxygen atoms in total. The number of hydrogen-bond donors (Lipinski definition) is 1. The van der Waals surface area contributed by atoms with E-state index >= 15 is 0 Å². The van der Waals surface area contributed by atoms with Crippen molar-refractivity contribution in [2.75, 3.05) is 6.54 Å². The lowest BCUT2D eigenvalue weighted by Crippen LogP contribution is -2.40. The molecular weight excluding hydrogens is 403 g/mol. The summed E-state index contributed by atoms with van der Waals surface area (Å²) in [5, 5.41) is -0.657. The standard InChI is InChI=1S/C17H13F5N4OS/c18-8-3-11-10-1-2-25(16(23)27)7-13(10)26(14(11)12(19)4-8)6-9-5-24-15(28-9)17(20,21)22/h3-5H,1-2,6-7H2,(H2,23,27). The Balaban J connectivity index is 1.86.